The smallest absolute Gasteiger partial charge is 0.223 e. The normalized spacial score (nSPS) is 11.9. The number of pyridine rings is 1. The number of halogens is 1. The fourth-order valence-corrected chi connectivity index (χ4v) is 1.44. The molecule has 1 aromatic heterocycles. The van der Waals surface area contributed by atoms with Crippen LogP contribution in [0.25, 0.3) is 0 Å². The zero-order chi connectivity index (χ0) is 10.7. The van der Waals surface area contributed by atoms with Gasteiger partial charge in [-0.3, -0.25) is 4.79 Å². The van der Waals surface area contributed by atoms with Gasteiger partial charge in [0.25, 0.3) is 0 Å². The quantitative estimate of drug-likeness (QED) is 0.861. The van der Waals surface area contributed by atoms with Crippen LogP contribution >= 0.6 is 12.4 Å². The number of nitrogens with zero attached hydrogens (tertiary/aromatic N) is 1. The predicted molar refractivity (Wildman–Crippen MR) is 60.9 cm³/mol. The van der Waals surface area contributed by atoms with Crippen LogP contribution in [0.4, 0.5) is 0 Å². The minimum Gasteiger partial charge on any atom is -0.503 e. The Hall–Kier alpha value is -1.00. The number of ether oxygens (including phenoxy) is 1. The summed E-state index contributed by atoms with van der Waals surface area (Å²) in [5.41, 5.74) is 0.227. The van der Waals surface area contributed by atoms with Crippen LogP contribution < -0.4 is 5.43 Å². The minimum absolute atomic E-state index is 0. The molecule has 15 heavy (non-hydrogen) atoms. The maximum Gasteiger partial charge on any atom is 0.223 e. The molecule has 0 spiro atoms. The van der Waals surface area contributed by atoms with Gasteiger partial charge >= 0.3 is 0 Å². The number of aromatic nitrogens is 1. The summed E-state index contributed by atoms with van der Waals surface area (Å²) in [5, 5.41) is 9.43. The molecule has 0 aliphatic heterocycles. The topological polar surface area (TPSA) is 51.5 Å². The molecule has 1 heterocycles. The van der Waals surface area contributed by atoms with Crippen molar-refractivity contribution in [1.29, 1.82) is 0 Å². The molecule has 0 radical (unpaired) electrons. The Balaban J connectivity index is 0.00000196. The molecule has 86 valence electrons. The van der Waals surface area contributed by atoms with Crippen molar-refractivity contribution in [2.45, 2.75) is 19.9 Å². The maximum atomic E-state index is 11.1. The van der Waals surface area contributed by atoms with Gasteiger partial charge in [0, 0.05) is 19.4 Å². The van der Waals surface area contributed by atoms with E-state index in [0.717, 1.165) is 0 Å². The predicted octanol–water partition coefficient (Wildman–Crippen LogP) is 1.49. The van der Waals surface area contributed by atoms with Crippen LogP contribution in [0.5, 0.6) is 5.75 Å². The highest BCUT2D eigenvalue weighted by Crippen LogP contribution is 2.14. The van der Waals surface area contributed by atoms with Crippen molar-refractivity contribution in [3.8, 4) is 5.75 Å². The van der Waals surface area contributed by atoms with E-state index in [9.17, 15) is 9.90 Å². The third-order valence-corrected chi connectivity index (χ3v) is 2.23. The lowest BCUT2D eigenvalue weighted by Crippen LogP contribution is -2.16. The molecular weight excluding hydrogens is 218 g/mol. The van der Waals surface area contributed by atoms with E-state index < -0.39 is 0 Å². The highest BCUT2D eigenvalue weighted by molar-refractivity contribution is 5.85. The summed E-state index contributed by atoms with van der Waals surface area (Å²) < 4.78 is 6.82. The first-order chi connectivity index (χ1) is 6.57. The summed E-state index contributed by atoms with van der Waals surface area (Å²) >= 11 is 0. The van der Waals surface area contributed by atoms with E-state index in [1.165, 1.54) is 6.07 Å². The lowest BCUT2D eigenvalue weighted by molar-refractivity contribution is 0.160. The van der Waals surface area contributed by atoms with E-state index in [1.54, 1.807) is 20.2 Å². The average Bonchev–Trinajstić information content (AvgIpc) is 2.15. The van der Waals surface area contributed by atoms with E-state index in [1.807, 2.05) is 11.5 Å². The minimum atomic E-state index is -0.344. The summed E-state index contributed by atoms with van der Waals surface area (Å²) in [7, 11) is 1.62. The number of methoxy groups -OCH3 is 1. The Morgan fingerprint density at radius 2 is 2.20 bits per heavy atom. The van der Waals surface area contributed by atoms with Crippen molar-refractivity contribution in [2.75, 3.05) is 13.7 Å². The number of hydrogen-bond donors (Lipinski definition) is 1. The molecule has 1 atom stereocenters. The molecule has 0 bridgehead atoms. The van der Waals surface area contributed by atoms with Gasteiger partial charge in [-0.1, -0.05) is 0 Å². The van der Waals surface area contributed by atoms with Crippen LogP contribution in [0.3, 0.4) is 0 Å². The van der Waals surface area contributed by atoms with E-state index in [0.29, 0.717) is 12.3 Å². The van der Waals surface area contributed by atoms with Crippen LogP contribution in [-0.2, 0) is 4.74 Å². The lowest BCUT2D eigenvalue weighted by Gasteiger charge is -2.18. The lowest BCUT2D eigenvalue weighted by atomic mass is 10.2. The molecule has 1 aromatic rings. The fourth-order valence-electron chi connectivity index (χ4n) is 1.44. The number of aromatic hydroxyl groups is 1. The van der Waals surface area contributed by atoms with Gasteiger partial charge in [0.15, 0.2) is 5.75 Å². The zero-order valence-corrected chi connectivity index (χ0v) is 9.87. The second kappa shape index (κ2) is 5.78. The summed E-state index contributed by atoms with van der Waals surface area (Å²) in [6, 6.07) is 1.46. The average molecular weight is 234 g/mol. The van der Waals surface area contributed by atoms with Crippen LogP contribution in [0, 0.1) is 6.92 Å². The molecule has 1 unspecified atom stereocenters. The van der Waals surface area contributed by atoms with Gasteiger partial charge in [-0.25, -0.2) is 0 Å². The van der Waals surface area contributed by atoms with E-state index in [-0.39, 0.29) is 29.6 Å². The second-order valence-corrected chi connectivity index (χ2v) is 3.33. The molecule has 0 saturated carbocycles. The standard InChI is InChI=1S/C10H15NO3.ClH/c1-7(6-14-3)11-5-4-9(12)10(13)8(11)2;/h4-5,7,13H,6H2,1-3H3;1H. The maximum absolute atomic E-state index is 11.1. The van der Waals surface area contributed by atoms with Crippen LogP contribution in [0.15, 0.2) is 17.1 Å². The van der Waals surface area contributed by atoms with Gasteiger partial charge in [0.2, 0.25) is 5.43 Å². The Morgan fingerprint density at radius 3 is 2.73 bits per heavy atom. The molecule has 0 fully saturated rings. The SMILES string of the molecule is COCC(C)n1ccc(=O)c(O)c1C.Cl. The Kier molecular flexibility index (Phi) is 5.39. The molecule has 0 aliphatic carbocycles. The van der Waals surface area contributed by atoms with Gasteiger partial charge in [-0.2, -0.15) is 0 Å². The van der Waals surface area contributed by atoms with Crippen LogP contribution in [0.1, 0.15) is 18.7 Å². The molecular formula is C10H16ClNO3. The molecule has 0 aromatic carbocycles. The van der Waals surface area contributed by atoms with Gasteiger partial charge in [0.1, 0.15) is 0 Å². The third-order valence-electron chi connectivity index (χ3n) is 2.23. The highest BCUT2D eigenvalue weighted by atomic mass is 35.5. The van der Waals surface area contributed by atoms with Crippen LogP contribution in [-0.4, -0.2) is 23.4 Å². The summed E-state index contributed by atoms with van der Waals surface area (Å²) in [6.07, 6.45) is 1.67. The molecule has 0 aliphatic rings. The highest BCUT2D eigenvalue weighted by Gasteiger charge is 2.09. The van der Waals surface area contributed by atoms with E-state index >= 15 is 0 Å². The zero-order valence-electron chi connectivity index (χ0n) is 9.06. The summed E-state index contributed by atoms with van der Waals surface area (Å²) in [6.45, 7) is 4.21. The van der Waals surface area contributed by atoms with E-state index in [2.05, 4.69) is 0 Å². The first-order valence-electron chi connectivity index (χ1n) is 4.47. The van der Waals surface area contributed by atoms with Crippen molar-refractivity contribution < 1.29 is 9.84 Å². The molecule has 5 heteroatoms. The van der Waals surface area contributed by atoms with Gasteiger partial charge < -0.3 is 14.4 Å². The third kappa shape index (κ3) is 2.97. The molecule has 1 rings (SSSR count). The van der Waals surface area contributed by atoms with Crippen molar-refractivity contribution >= 4 is 12.4 Å². The molecule has 0 amide bonds. The van der Waals surface area contributed by atoms with Crippen molar-refractivity contribution in [2.24, 2.45) is 0 Å². The summed E-state index contributed by atoms with van der Waals surface area (Å²) in [5.74, 6) is -0.185. The number of hydrogen-bond acceptors (Lipinski definition) is 3. The van der Waals surface area contributed by atoms with Gasteiger partial charge in [0.05, 0.1) is 18.3 Å². The van der Waals surface area contributed by atoms with Crippen molar-refractivity contribution in [3.05, 3.63) is 28.2 Å². The Morgan fingerprint density at radius 1 is 1.60 bits per heavy atom. The first-order valence-corrected chi connectivity index (χ1v) is 4.47. The van der Waals surface area contributed by atoms with E-state index in [4.69, 9.17) is 4.74 Å². The Labute approximate surface area is 94.9 Å². The number of rotatable bonds is 3. The van der Waals surface area contributed by atoms with Gasteiger partial charge in [-0.15, -0.1) is 12.4 Å². The fraction of sp³-hybridized carbons (Fsp3) is 0.500. The monoisotopic (exact) mass is 233 g/mol. The van der Waals surface area contributed by atoms with Crippen LogP contribution in [0.2, 0.25) is 0 Å². The van der Waals surface area contributed by atoms with Crippen molar-refractivity contribution in [1.82, 2.24) is 4.57 Å². The Bertz CT molecular complexity index is 375. The summed E-state index contributed by atoms with van der Waals surface area (Å²) in [4.78, 5) is 11.1. The van der Waals surface area contributed by atoms with Crippen molar-refractivity contribution in [3.63, 3.8) is 0 Å². The molecule has 1 N–H and O–H groups in total. The second-order valence-electron chi connectivity index (χ2n) is 3.33. The molecule has 0 saturated heterocycles. The molecule has 4 nitrogen and oxygen atoms in total. The largest absolute Gasteiger partial charge is 0.503 e. The van der Waals surface area contributed by atoms with Gasteiger partial charge in [-0.05, 0) is 13.8 Å². The first kappa shape index (κ1) is 14.0.